The maximum absolute atomic E-state index is 10.4. The van der Waals surface area contributed by atoms with Crippen LogP contribution in [0.2, 0.25) is 0 Å². The molecule has 0 aromatic heterocycles. The Morgan fingerprint density at radius 1 is 0.647 bits per heavy atom. The molecule has 2 rings (SSSR count). The molecule has 2 saturated carbocycles. The van der Waals surface area contributed by atoms with Crippen molar-refractivity contribution < 1.29 is 9.85 Å². The van der Waals surface area contributed by atoms with E-state index in [1.807, 2.05) is 0 Å². The molecule has 98 valence electrons. The summed E-state index contributed by atoms with van der Waals surface area (Å²) in [5.41, 5.74) is 0. The summed E-state index contributed by atoms with van der Waals surface area (Å²) < 4.78 is 0. The minimum absolute atomic E-state index is 0.106. The van der Waals surface area contributed by atoms with Gasteiger partial charge in [0.25, 0.3) is 0 Å². The van der Waals surface area contributed by atoms with E-state index in [2.05, 4.69) is 0 Å². The van der Waals surface area contributed by atoms with Gasteiger partial charge in [0, 0.05) is 35.5 Å². The molecule has 2 fully saturated rings. The predicted molar refractivity (Wildman–Crippen MR) is 63.1 cm³/mol. The Morgan fingerprint density at radius 2 is 1.00 bits per heavy atom. The first-order valence-corrected chi connectivity index (χ1v) is 6.38. The summed E-state index contributed by atoms with van der Waals surface area (Å²) in [5, 5.41) is 20.0. The zero-order valence-electron chi connectivity index (χ0n) is 10.0. The second kappa shape index (κ2) is 7.19. The van der Waals surface area contributed by atoms with Crippen molar-refractivity contribution in [2.24, 2.45) is 0 Å². The van der Waals surface area contributed by atoms with Crippen LogP contribution in [0.1, 0.15) is 57.8 Å². The summed E-state index contributed by atoms with van der Waals surface area (Å²) in [6, 6.07) is -0.416. The van der Waals surface area contributed by atoms with E-state index in [0.717, 1.165) is 38.5 Å². The summed E-state index contributed by atoms with van der Waals surface area (Å²) in [5.74, 6) is 0. The van der Waals surface area contributed by atoms with Crippen molar-refractivity contribution >= 4 is 0 Å². The fourth-order valence-corrected chi connectivity index (χ4v) is 1.93. The highest BCUT2D eigenvalue weighted by Crippen LogP contribution is 2.21. The van der Waals surface area contributed by atoms with Gasteiger partial charge in [-0.25, -0.2) is 0 Å². The number of hydrogen-bond donors (Lipinski definition) is 0. The predicted octanol–water partition coefficient (Wildman–Crippen LogP) is 2.80. The molecule has 0 bridgehead atoms. The second-order valence-corrected chi connectivity index (χ2v) is 4.80. The van der Waals surface area contributed by atoms with Gasteiger partial charge in [-0.2, -0.15) is 0 Å². The highest BCUT2D eigenvalue weighted by Gasteiger charge is 2.33. The third-order valence-corrected chi connectivity index (χ3v) is 3.22. The van der Waals surface area contributed by atoms with E-state index in [-0.39, 0.29) is 21.9 Å². The molecule has 0 heterocycles. The smallest absolute Gasteiger partial charge is 0.213 e. The van der Waals surface area contributed by atoms with Crippen LogP contribution in [0.3, 0.4) is 0 Å². The molecule has 17 heavy (non-hydrogen) atoms. The molecule has 0 unspecified atom stereocenters. The van der Waals surface area contributed by atoms with Crippen molar-refractivity contribution in [1.29, 1.82) is 0 Å². The van der Waals surface area contributed by atoms with E-state index in [1.165, 1.54) is 19.3 Å². The van der Waals surface area contributed by atoms with Gasteiger partial charge in [0.15, 0.2) is 0 Å². The van der Waals surface area contributed by atoms with Crippen LogP contribution in [-0.4, -0.2) is 21.9 Å². The molecule has 2 aliphatic carbocycles. The molecular formula is C11H20N2O4. The average Bonchev–Trinajstić information content (AvgIpc) is 2.99. The van der Waals surface area contributed by atoms with Gasteiger partial charge in [0.1, 0.15) is 0 Å². The van der Waals surface area contributed by atoms with Crippen LogP contribution in [0.5, 0.6) is 0 Å². The van der Waals surface area contributed by atoms with E-state index in [0.29, 0.717) is 0 Å². The van der Waals surface area contributed by atoms with Gasteiger partial charge in [-0.05, 0) is 12.8 Å². The third-order valence-electron chi connectivity index (χ3n) is 3.22. The fraction of sp³-hybridized carbons (Fsp3) is 1.00. The summed E-state index contributed by atoms with van der Waals surface area (Å²) in [6.07, 6.45) is 8.93. The van der Waals surface area contributed by atoms with Crippen LogP contribution >= 0.6 is 0 Å². The first-order chi connectivity index (χ1) is 8.11. The lowest BCUT2D eigenvalue weighted by atomic mass is 9.97. The zero-order chi connectivity index (χ0) is 12.7. The van der Waals surface area contributed by atoms with Crippen molar-refractivity contribution in [3.63, 3.8) is 0 Å². The summed E-state index contributed by atoms with van der Waals surface area (Å²) >= 11 is 0. The van der Waals surface area contributed by atoms with Crippen LogP contribution in [0, 0.1) is 20.2 Å². The fourth-order valence-electron chi connectivity index (χ4n) is 1.93. The molecule has 0 atom stereocenters. The van der Waals surface area contributed by atoms with Crippen LogP contribution in [0.15, 0.2) is 0 Å². The lowest BCUT2D eigenvalue weighted by Crippen LogP contribution is -2.20. The Balaban J connectivity index is 0.000000202. The molecule has 0 saturated heterocycles. The molecular weight excluding hydrogens is 224 g/mol. The van der Waals surface area contributed by atoms with Gasteiger partial charge in [-0.3, -0.25) is 20.2 Å². The van der Waals surface area contributed by atoms with E-state index >= 15 is 0 Å². The van der Waals surface area contributed by atoms with E-state index in [1.54, 1.807) is 0 Å². The molecule has 0 aliphatic heterocycles. The topological polar surface area (TPSA) is 86.3 Å². The van der Waals surface area contributed by atoms with Crippen LogP contribution in [-0.2, 0) is 0 Å². The average molecular weight is 244 g/mol. The molecule has 0 amide bonds. The number of nitro groups is 2. The number of hydrogen-bond acceptors (Lipinski definition) is 4. The first-order valence-electron chi connectivity index (χ1n) is 6.38. The summed E-state index contributed by atoms with van der Waals surface area (Å²) in [7, 11) is 0. The monoisotopic (exact) mass is 244 g/mol. The lowest BCUT2D eigenvalue weighted by Gasteiger charge is -2.12. The van der Waals surface area contributed by atoms with Crippen molar-refractivity contribution in [2.75, 3.05) is 0 Å². The molecule has 0 radical (unpaired) electrons. The van der Waals surface area contributed by atoms with E-state index < -0.39 is 0 Å². The van der Waals surface area contributed by atoms with Gasteiger partial charge < -0.3 is 0 Å². The Hall–Kier alpha value is -1.20. The Bertz CT molecular complexity index is 258. The Labute approximate surface area is 101 Å². The standard InChI is InChI=1S/C8H15NO2.C3H5NO2/c10-9(11)8-6-4-2-1-3-5-7-8;5-4(6)3-1-2-3/h8H,1-7H2;3H,1-2H2. The minimum Gasteiger partial charge on any atom is -0.264 e. The molecule has 0 N–H and O–H groups in total. The highest BCUT2D eigenvalue weighted by atomic mass is 16.6. The zero-order valence-corrected chi connectivity index (χ0v) is 10.0. The Morgan fingerprint density at radius 3 is 1.29 bits per heavy atom. The van der Waals surface area contributed by atoms with Gasteiger partial charge in [-0.1, -0.05) is 19.3 Å². The lowest BCUT2D eigenvalue weighted by molar-refractivity contribution is -0.524. The van der Waals surface area contributed by atoms with Gasteiger partial charge in [0.2, 0.25) is 12.1 Å². The number of nitrogens with zero attached hydrogens (tertiary/aromatic N) is 2. The largest absolute Gasteiger partial charge is 0.264 e. The molecule has 6 nitrogen and oxygen atoms in total. The molecule has 6 heteroatoms. The van der Waals surface area contributed by atoms with Gasteiger partial charge in [0.05, 0.1) is 0 Å². The Kier molecular flexibility index (Phi) is 5.86. The van der Waals surface area contributed by atoms with Crippen molar-refractivity contribution in [3.05, 3.63) is 20.2 Å². The highest BCUT2D eigenvalue weighted by molar-refractivity contribution is 4.70. The quantitative estimate of drug-likeness (QED) is 0.552. The second-order valence-electron chi connectivity index (χ2n) is 4.80. The van der Waals surface area contributed by atoms with Crippen LogP contribution < -0.4 is 0 Å². The molecule has 0 aromatic rings. The third kappa shape index (κ3) is 6.19. The maximum Gasteiger partial charge on any atom is 0.213 e. The van der Waals surface area contributed by atoms with Crippen LogP contribution in [0.25, 0.3) is 0 Å². The minimum atomic E-state index is -0.240. The molecule has 0 aromatic carbocycles. The van der Waals surface area contributed by atoms with Crippen LogP contribution in [0.4, 0.5) is 0 Å². The molecule has 0 spiro atoms. The molecule has 2 aliphatic rings. The number of rotatable bonds is 2. The van der Waals surface area contributed by atoms with E-state index in [9.17, 15) is 20.2 Å². The summed E-state index contributed by atoms with van der Waals surface area (Å²) in [4.78, 5) is 19.7. The van der Waals surface area contributed by atoms with Gasteiger partial charge in [-0.15, -0.1) is 0 Å². The maximum atomic E-state index is 10.4. The van der Waals surface area contributed by atoms with Crippen molar-refractivity contribution in [1.82, 2.24) is 0 Å². The summed E-state index contributed by atoms with van der Waals surface area (Å²) in [6.45, 7) is 0. The normalized spacial score (nSPS) is 21.6. The van der Waals surface area contributed by atoms with Crippen molar-refractivity contribution in [3.8, 4) is 0 Å². The van der Waals surface area contributed by atoms with Gasteiger partial charge >= 0.3 is 0 Å². The SMILES string of the molecule is O=[N+]([O-])C1CC1.O=[N+]([O-])C1CCCCCCC1. The van der Waals surface area contributed by atoms with E-state index in [4.69, 9.17) is 0 Å². The van der Waals surface area contributed by atoms with Crippen molar-refractivity contribution in [2.45, 2.75) is 69.9 Å². The first kappa shape index (κ1) is 13.9.